The number of rotatable bonds is 7. The summed E-state index contributed by atoms with van der Waals surface area (Å²) in [4.78, 5) is 12.3. The van der Waals surface area contributed by atoms with Crippen molar-refractivity contribution < 1.29 is 14.3 Å². The number of thiocarbonyl (C=S) groups is 1. The molecule has 3 N–H and O–H groups in total. The Morgan fingerprint density at radius 1 is 1.07 bits per heavy atom. The number of carbonyl (C=O) groups is 1. The number of ether oxygens (including phenoxy) is 2. The highest BCUT2D eigenvalue weighted by atomic mass is 35.6. The second-order valence-corrected chi connectivity index (χ2v) is 9.20. The summed E-state index contributed by atoms with van der Waals surface area (Å²) in [5.74, 6) is 0.678. The Labute approximate surface area is 196 Å². The molecule has 6 nitrogen and oxygen atoms in total. The van der Waals surface area contributed by atoms with Crippen LogP contribution in [-0.4, -0.2) is 34.7 Å². The summed E-state index contributed by atoms with van der Waals surface area (Å²) in [6.45, 7) is 3.63. The van der Waals surface area contributed by atoms with Gasteiger partial charge in [0.05, 0.1) is 7.11 Å². The average Bonchev–Trinajstić information content (AvgIpc) is 2.68. The largest absolute Gasteiger partial charge is 0.497 e. The standard InChI is InChI=1S/C20H22Cl3N3O3S/c1-12-4-5-13(2)16(10-12)24-19(30)26-18(20(21,22)23)25-17(27)11-29-15-8-6-14(28-3)7-9-15/h4-10,18H,11H2,1-3H3,(H,25,27)(H2,24,26,30)/t18-/m1/s1. The van der Waals surface area contributed by atoms with Crippen molar-refractivity contribution in [2.24, 2.45) is 0 Å². The van der Waals surface area contributed by atoms with E-state index >= 15 is 0 Å². The van der Waals surface area contributed by atoms with Crippen molar-refractivity contribution in [3.8, 4) is 11.5 Å². The van der Waals surface area contributed by atoms with Gasteiger partial charge in [0, 0.05) is 5.69 Å². The number of carbonyl (C=O) groups excluding carboxylic acids is 1. The summed E-state index contributed by atoms with van der Waals surface area (Å²) in [7, 11) is 1.56. The van der Waals surface area contributed by atoms with Crippen molar-refractivity contribution in [2.75, 3.05) is 19.0 Å². The maximum Gasteiger partial charge on any atom is 0.259 e. The van der Waals surface area contributed by atoms with Crippen molar-refractivity contribution in [1.29, 1.82) is 0 Å². The smallest absolute Gasteiger partial charge is 0.259 e. The lowest BCUT2D eigenvalue weighted by Gasteiger charge is -2.28. The molecule has 1 amide bonds. The summed E-state index contributed by atoms with van der Waals surface area (Å²) in [6.07, 6.45) is -1.08. The van der Waals surface area contributed by atoms with Crippen molar-refractivity contribution >= 4 is 63.7 Å². The fourth-order valence-corrected chi connectivity index (χ4v) is 2.94. The molecule has 0 unspecified atom stereocenters. The Morgan fingerprint density at radius 3 is 2.30 bits per heavy atom. The van der Waals surface area contributed by atoms with Gasteiger partial charge in [0.25, 0.3) is 5.91 Å². The lowest BCUT2D eigenvalue weighted by atomic mass is 10.1. The van der Waals surface area contributed by atoms with Crippen LogP contribution in [0.25, 0.3) is 0 Å². The van der Waals surface area contributed by atoms with Gasteiger partial charge in [-0.2, -0.15) is 0 Å². The first kappa shape index (κ1) is 24.3. The van der Waals surface area contributed by atoms with Crippen molar-refractivity contribution in [2.45, 2.75) is 23.8 Å². The quantitative estimate of drug-likeness (QED) is 0.302. The van der Waals surface area contributed by atoms with Gasteiger partial charge in [-0.1, -0.05) is 46.9 Å². The van der Waals surface area contributed by atoms with Crippen LogP contribution in [0, 0.1) is 13.8 Å². The Morgan fingerprint density at radius 2 is 1.70 bits per heavy atom. The molecular formula is C20H22Cl3N3O3S. The molecule has 0 spiro atoms. The van der Waals surface area contributed by atoms with Gasteiger partial charge < -0.3 is 25.4 Å². The van der Waals surface area contributed by atoms with Gasteiger partial charge in [0.1, 0.15) is 17.7 Å². The molecule has 30 heavy (non-hydrogen) atoms. The third-order valence-electron chi connectivity index (χ3n) is 3.98. The number of anilines is 1. The third-order valence-corrected chi connectivity index (χ3v) is 4.85. The first-order valence-corrected chi connectivity index (χ1v) is 10.4. The Bertz CT molecular complexity index is 889. The highest BCUT2D eigenvalue weighted by molar-refractivity contribution is 7.80. The van der Waals surface area contributed by atoms with E-state index in [0.717, 1.165) is 16.8 Å². The maximum atomic E-state index is 12.3. The molecule has 10 heteroatoms. The minimum Gasteiger partial charge on any atom is -0.497 e. The molecule has 1 atom stereocenters. The van der Waals surface area contributed by atoms with Gasteiger partial charge in [-0.25, -0.2) is 0 Å². The normalized spacial score (nSPS) is 11.9. The van der Waals surface area contributed by atoms with Gasteiger partial charge in [0.2, 0.25) is 3.79 Å². The van der Waals surface area contributed by atoms with Crippen LogP contribution in [0.2, 0.25) is 0 Å². The molecule has 0 aliphatic rings. The Balaban J connectivity index is 1.95. The topological polar surface area (TPSA) is 71.6 Å². The van der Waals surface area contributed by atoms with Crippen molar-refractivity contribution in [3.63, 3.8) is 0 Å². The lowest BCUT2D eigenvalue weighted by molar-refractivity contribution is -0.123. The molecule has 2 aromatic rings. The second kappa shape index (κ2) is 10.9. The monoisotopic (exact) mass is 489 g/mol. The number of methoxy groups -OCH3 is 1. The molecule has 0 aromatic heterocycles. The van der Waals surface area contributed by atoms with Crippen LogP contribution in [0.5, 0.6) is 11.5 Å². The molecule has 2 aromatic carbocycles. The summed E-state index contributed by atoms with van der Waals surface area (Å²) < 4.78 is 8.65. The first-order valence-electron chi connectivity index (χ1n) is 8.86. The zero-order chi connectivity index (χ0) is 22.3. The molecule has 0 radical (unpaired) electrons. The molecule has 0 heterocycles. The van der Waals surface area contributed by atoms with E-state index in [1.165, 1.54) is 0 Å². The molecule has 0 fully saturated rings. The zero-order valence-corrected chi connectivity index (χ0v) is 19.7. The van der Waals surface area contributed by atoms with Crippen molar-refractivity contribution in [1.82, 2.24) is 10.6 Å². The molecule has 2 rings (SSSR count). The summed E-state index contributed by atoms with van der Waals surface area (Å²) in [5, 5.41) is 8.62. The molecule has 0 bridgehead atoms. The van der Waals surface area contributed by atoms with Crippen LogP contribution in [0.4, 0.5) is 5.69 Å². The number of halogens is 3. The van der Waals surface area contributed by atoms with E-state index in [2.05, 4.69) is 16.0 Å². The predicted molar refractivity (Wildman–Crippen MR) is 126 cm³/mol. The van der Waals surface area contributed by atoms with Crippen LogP contribution in [0.3, 0.4) is 0 Å². The number of benzene rings is 2. The number of hydrogen-bond acceptors (Lipinski definition) is 4. The molecule has 162 valence electrons. The molecule has 0 aliphatic carbocycles. The number of hydrogen-bond donors (Lipinski definition) is 3. The maximum absolute atomic E-state index is 12.3. The molecule has 0 saturated heterocycles. The number of nitrogens with one attached hydrogen (secondary N) is 3. The van der Waals surface area contributed by atoms with E-state index in [9.17, 15) is 4.79 Å². The second-order valence-electron chi connectivity index (χ2n) is 6.42. The van der Waals surface area contributed by atoms with E-state index in [1.54, 1.807) is 31.4 Å². The number of aryl methyl sites for hydroxylation is 2. The summed E-state index contributed by atoms with van der Waals surface area (Å²) in [6, 6.07) is 12.7. The fourth-order valence-electron chi connectivity index (χ4n) is 2.38. The van der Waals surface area contributed by atoms with Crippen LogP contribution in [0.15, 0.2) is 42.5 Å². The van der Waals surface area contributed by atoms with E-state index in [4.69, 9.17) is 56.5 Å². The SMILES string of the molecule is COc1ccc(OCC(=O)N[C@H](NC(=S)Nc2cc(C)ccc2C)C(Cl)(Cl)Cl)cc1. The Kier molecular flexibility index (Phi) is 8.85. The van der Waals surface area contributed by atoms with Crippen molar-refractivity contribution in [3.05, 3.63) is 53.6 Å². The third kappa shape index (κ3) is 7.72. The summed E-state index contributed by atoms with van der Waals surface area (Å²) >= 11 is 23.3. The summed E-state index contributed by atoms with van der Waals surface area (Å²) in [5.41, 5.74) is 2.87. The minimum absolute atomic E-state index is 0.191. The zero-order valence-electron chi connectivity index (χ0n) is 16.6. The van der Waals surface area contributed by atoms with Gasteiger partial charge in [-0.15, -0.1) is 0 Å². The molecular weight excluding hydrogens is 469 g/mol. The van der Waals surface area contributed by atoms with Gasteiger partial charge >= 0.3 is 0 Å². The number of amides is 1. The highest BCUT2D eigenvalue weighted by Crippen LogP contribution is 2.29. The highest BCUT2D eigenvalue weighted by Gasteiger charge is 2.34. The van der Waals surface area contributed by atoms with E-state index in [-0.39, 0.29) is 11.7 Å². The van der Waals surface area contributed by atoms with Crippen LogP contribution in [-0.2, 0) is 4.79 Å². The van der Waals surface area contributed by atoms with E-state index < -0.39 is 15.9 Å². The van der Waals surface area contributed by atoms with Gasteiger partial charge in [0.15, 0.2) is 11.7 Å². The lowest BCUT2D eigenvalue weighted by Crippen LogP contribution is -2.57. The fraction of sp³-hybridized carbons (Fsp3) is 0.300. The number of alkyl halides is 3. The molecule has 0 aliphatic heterocycles. The van der Waals surface area contributed by atoms with Crippen LogP contribution in [0.1, 0.15) is 11.1 Å². The Hall–Kier alpha value is -1.93. The van der Waals surface area contributed by atoms with Crippen LogP contribution >= 0.6 is 47.0 Å². The average molecular weight is 491 g/mol. The van der Waals surface area contributed by atoms with Gasteiger partial charge in [-0.05, 0) is 67.5 Å². The van der Waals surface area contributed by atoms with E-state index in [1.807, 2.05) is 32.0 Å². The molecule has 0 saturated carbocycles. The predicted octanol–water partition coefficient (Wildman–Crippen LogP) is 4.49. The first-order chi connectivity index (χ1) is 14.1. The van der Waals surface area contributed by atoms with Gasteiger partial charge in [-0.3, -0.25) is 4.79 Å². The van der Waals surface area contributed by atoms with E-state index in [0.29, 0.717) is 11.5 Å². The minimum atomic E-state index is -1.86. The van der Waals surface area contributed by atoms with Crippen LogP contribution < -0.4 is 25.4 Å².